The number of carboxylic acid groups (broad SMARTS) is 1. The highest BCUT2D eigenvalue weighted by molar-refractivity contribution is 5.98. The van der Waals surface area contributed by atoms with Gasteiger partial charge in [0.05, 0.1) is 24.0 Å². The minimum Gasteiger partial charge on any atom is -0.481 e. The number of carboxylic acids is 1. The number of aliphatic carboxylic acids is 1. The van der Waals surface area contributed by atoms with Gasteiger partial charge in [-0.25, -0.2) is 0 Å². The fourth-order valence-corrected chi connectivity index (χ4v) is 4.33. The fraction of sp³-hybridized carbons (Fsp3) is 0.417. The van der Waals surface area contributed by atoms with Crippen molar-refractivity contribution >= 4 is 23.6 Å². The summed E-state index contributed by atoms with van der Waals surface area (Å²) in [6.45, 7) is 4.53. The number of amidine groups is 1. The number of carbonyl (C=O) groups excluding carboxylic acids is 2. The second-order valence-corrected chi connectivity index (χ2v) is 9.02. The van der Waals surface area contributed by atoms with E-state index in [0.29, 0.717) is 42.6 Å². The number of amides is 2. The third kappa shape index (κ3) is 5.79. The Hall–Kier alpha value is -3.62. The van der Waals surface area contributed by atoms with Gasteiger partial charge in [0.1, 0.15) is 5.84 Å². The Labute approximate surface area is 192 Å². The van der Waals surface area contributed by atoms with Crippen molar-refractivity contribution in [1.82, 2.24) is 10.2 Å². The average molecular weight is 455 g/mol. The molecule has 3 rings (SSSR count). The Bertz CT molecular complexity index is 1010. The molecule has 1 atom stereocenters. The highest BCUT2D eigenvalue weighted by Gasteiger charge is 2.41. The maximum absolute atomic E-state index is 13.6. The van der Waals surface area contributed by atoms with Crippen LogP contribution < -0.4 is 11.1 Å². The average Bonchev–Trinajstić information content (AvgIpc) is 3.27. The van der Waals surface area contributed by atoms with E-state index in [4.69, 9.17) is 20.7 Å². The van der Waals surface area contributed by atoms with Crippen LogP contribution in [-0.2, 0) is 9.59 Å². The quantitative estimate of drug-likeness (QED) is 0.356. The van der Waals surface area contributed by atoms with Crippen molar-refractivity contribution in [1.29, 1.82) is 5.41 Å². The summed E-state index contributed by atoms with van der Waals surface area (Å²) < 4.78 is 5.23. The molecule has 0 spiro atoms. The number of nitrogens with two attached hydrogens (primary N) is 1. The monoisotopic (exact) mass is 454 g/mol. The normalized spacial score (nSPS) is 15.6. The SMILES string of the molecule is CC(C)(NC(=O)c1ccc(C(=N)N)cc1)C(C(=O)N1CCC(CC(=O)O)CC1)c1ccoc1. The number of carbonyl (C=O) groups is 3. The minimum absolute atomic E-state index is 0.0598. The number of nitrogen functional groups attached to an aromatic ring is 1. The van der Waals surface area contributed by atoms with E-state index in [2.05, 4.69) is 5.32 Å². The van der Waals surface area contributed by atoms with Crippen molar-refractivity contribution in [2.24, 2.45) is 11.7 Å². The van der Waals surface area contributed by atoms with E-state index in [9.17, 15) is 14.4 Å². The molecule has 0 saturated carbocycles. The molecule has 1 unspecified atom stereocenters. The first-order valence-corrected chi connectivity index (χ1v) is 10.9. The highest BCUT2D eigenvalue weighted by atomic mass is 16.4. The second-order valence-electron chi connectivity index (χ2n) is 9.02. The van der Waals surface area contributed by atoms with Crippen molar-refractivity contribution < 1.29 is 23.9 Å². The van der Waals surface area contributed by atoms with Gasteiger partial charge in [0, 0.05) is 36.2 Å². The van der Waals surface area contributed by atoms with Gasteiger partial charge in [-0.05, 0) is 50.8 Å². The number of nitrogens with one attached hydrogen (secondary N) is 2. The summed E-state index contributed by atoms with van der Waals surface area (Å²) in [6, 6.07) is 8.10. The molecule has 1 aromatic heterocycles. The molecule has 0 aliphatic carbocycles. The number of furan rings is 1. The largest absolute Gasteiger partial charge is 0.481 e. The van der Waals surface area contributed by atoms with Gasteiger partial charge in [0.15, 0.2) is 0 Å². The molecule has 0 bridgehead atoms. The summed E-state index contributed by atoms with van der Waals surface area (Å²) in [6.07, 6.45) is 4.37. The zero-order valence-electron chi connectivity index (χ0n) is 18.8. The maximum atomic E-state index is 13.6. The van der Waals surface area contributed by atoms with Gasteiger partial charge in [-0.1, -0.05) is 12.1 Å². The Balaban J connectivity index is 1.77. The minimum atomic E-state index is -0.949. The van der Waals surface area contributed by atoms with Crippen molar-refractivity contribution in [2.75, 3.05) is 13.1 Å². The van der Waals surface area contributed by atoms with E-state index in [1.807, 2.05) is 0 Å². The zero-order valence-corrected chi connectivity index (χ0v) is 18.8. The molecule has 1 aliphatic heterocycles. The first kappa shape index (κ1) is 24.0. The van der Waals surface area contributed by atoms with Gasteiger partial charge in [-0.3, -0.25) is 19.8 Å². The Morgan fingerprint density at radius 2 is 1.79 bits per heavy atom. The molecule has 2 aromatic rings. The Kier molecular flexibility index (Phi) is 7.20. The lowest BCUT2D eigenvalue weighted by molar-refractivity contribution is -0.139. The summed E-state index contributed by atoms with van der Waals surface area (Å²) in [5.41, 5.74) is 6.09. The number of benzene rings is 1. The molecule has 9 nitrogen and oxygen atoms in total. The molecule has 2 heterocycles. The van der Waals surface area contributed by atoms with Crippen LogP contribution in [-0.4, -0.2) is 52.3 Å². The number of piperidine rings is 1. The topological polar surface area (TPSA) is 150 Å². The van der Waals surface area contributed by atoms with E-state index in [1.165, 1.54) is 12.5 Å². The molecule has 0 radical (unpaired) electrons. The van der Waals surface area contributed by atoms with Gasteiger partial charge in [-0.2, -0.15) is 0 Å². The van der Waals surface area contributed by atoms with Gasteiger partial charge in [-0.15, -0.1) is 0 Å². The lowest BCUT2D eigenvalue weighted by Crippen LogP contribution is -2.54. The fourth-order valence-electron chi connectivity index (χ4n) is 4.33. The molecule has 5 N–H and O–H groups in total. The van der Waals surface area contributed by atoms with Crippen molar-refractivity contribution in [3.63, 3.8) is 0 Å². The third-order valence-electron chi connectivity index (χ3n) is 6.13. The first-order valence-electron chi connectivity index (χ1n) is 10.9. The maximum Gasteiger partial charge on any atom is 0.303 e. The van der Waals surface area contributed by atoms with E-state index in [1.54, 1.807) is 49.1 Å². The molecule has 1 fully saturated rings. The molecule has 176 valence electrons. The van der Waals surface area contributed by atoms with E-state index in [0.717, 1.165) is 0 Å². The number of likely N-dealkylation sites (tertiary alicyclic amines) is 1. The van der Waals surface area contributed by atoms with Crippen LogP contribution >= 0.6 is 0 Å². The summed E-state index contributed by atoms with van der Waals surface area (Å²) in [4.78, 5) is 39.3. The first-order chi connectivity index (χ1) is 15.6. The van der Waals surface area contributed by atoms with Crippen LogP contribution in [0, 0.1) is 11.3 Å². The molecular formula is C24H30N4O5. The molecule has 1 aromatic carbocycles. The predicted molar refractivity (Wildman–Crippen MR) is 122 cm³/mol. The molecule has 1 saturated heterocycles. The van der Waals surface area contributed by atoms with Crippen LogP contribution in [0.4, 0.5) is 0 Å². The van der Waals surface area contributed by atoms with Gasteiger partial charge in [0.25, 0.3) is 5.91 Å². The van der Waals surface area contributed by atoms with E-state index < -0.39 is 17.4 Å². The van der Waals surface area contributed by atoms with Crippen LogP contribution in [0.2, 0.25) is 0 Å². The summed E-state index contributed by atoms with van der Waals surface area (Å²) >= 11 is 0. The summed E-state index contributed by atoms with van der Waals surface area (Å²) in [5.74, 6) is -2.02. The number of nitrogens with zero attached hydrogens (tertiary/aromatic N) is 1. The van der Waals surface area contributed by atoms with E-state index in [-0.39, 0.29) is 30.0 Å². The lowest BCUT2D eigenvalue weighted by atomic mass is 9.80. The number of hydrogen-bond donors (Lipinski definition) is 4. The van der Waals surface area contributed by atoms with Crippen molar-refractivity contribution in [3.05, 3.63) is 59.5 Å². The number of hydrogen-bond acceptors (Lipinski definition) is 5. The van der Waals surface area contributed by atoms with Crippen LogP contribution in [0.1, 0.15) is 60.5 Å². The molecule has 33 heavy (non-hydrogen) atoms. The highest BCUT2D eigenvalue weighted by Crippen LogP contribution is 2.33. The standard InChI is InChI=1S/C24H30N4O5/c1-24(2,27-22(31)17-5-3-16(4-6-17)21(25)26)20(18-9-12-33-14-18)23(32)28-10-7-15(8-11-28)13-19(29)30/h3-6,9,12,14-15,20H,7-8,10-11,13H2,1-2H3,(H3,25,26)(H,27,31)(H,29,30). The molecular weight excluding hydrogens is 424 g/mol. The van der Waals surface area contributed by atoms with E-state index >= 15 is 0 Å². The molecule has 2 amide bonds. The van der Waals surface area contributed by atoms with Crippen molar-refractivity contribution in [3.8, 4) is 0 Å². The van der Waals surface area contributed by atoms with Crippen LogP contribution in [0.25, 0.3) is 0 Å². The number of rotatable bonds is 8. The third-order valence-corrected chi connectivity index (χ3v) is 6.13. The van der Waals surface area contributed by atoms with Crippen LogP contribution in [0.15, 0.2) is 47.3 Å². The van der Waals surface area contributed by atoms with Crippen molar-refractivity contribution in [2.45, 2.75) is 44.6 Å². The van der Waals surface area contributed by atoms with Crippen LogP contribution in [0.3, 0.4) is 0 Å². The molecule has 9 heteroatoms. The van der Waals surface area contributed by atoms with Crippen LogP contribution in [0.5, 0.6) is 0 Å². The molecule has 1 aliphatic rings. The van der Waals surface area contributed by atoms with Gasteiger partial charge in [0.2, 0.25) is 5.91 Å². The lowest BCUT2D eigenvalue weighted by Gasteiger charge is -2.39. The Morgan fingerprint density at radius 1 is 1.18 bits per heavy atom. The summed E-state index contributed by atoms with van der Waals surface area (Å²) in [7, 11) is 0. The second kappa shape index (κ2) is 9.89. The smallest absolute Gasteiger partial charge is 0.303 e. The van der Waals surface area contributed by atoms with Gasteiger partial charge < -0.3 is 25.5 Å². The van der Waals surface area contributed by atoms with Gasteiger partial charge >= 0.3 is 5.97 Å². The zero-order chi connectivity index (χ0) is 24.2. The predicted octanol–water partition coefficient (Wildman–Crippen LogP) is 2.57. The summed E-state index contributed by atoms with van der Waals surface area (Å²) in [5, 5.41) is 19.5. The Morgan fingerprint density at radius 3 is 2.30 bits per heavy atom.